The first-order chi connectivity index (χ1) is 13.3. The Kier molecular flexibility index (Phi) is 7.58. The van der Waals surface area contributed by atoms with E-state index in [0.29, 0.717) is 16.1 Å². The van der Waals surface area contributed by atoms with Crippen LogP contribution in [0.1, 0.15) is 40.1 Å². The molecule has 1 atom stereocenters. The number of benzene rings is 2. The van der Waals surface area contributed by atoms with Crippen LogP contribution in [0.3, 0.4) is 0 Å². The highest BCUT2D eigenvalue weighted by Crippen LogP contribution is 2.11. The van der Waals surface area contributed by atoms with Crippen LogP contribution in [0.5, 0.6) is 0 Å². The Morgan fingerprint density at radius 1 is 0.964 bits per heavy atom. The summed E-state index contributed by atoms with van der Waals surface area (Å²) in [6, 6.07) is 12.5. The number of rotatable bonds is 7. The third-order valence-corrected chi connectivity index (χ3v) is 4.44. The minimum Gasteiger partial charge on any atom is -0.465 e. The number of halogens is 1. The minimum absolute atomic E-state index is 0.0991. The molecule has 0 saturated carbocycles. The molecular weight excluding hydrogens is 380 g/mol. The van der Waals surface area contributed by atoms with Crippen LogP contribution >= 0.6 is 11.6 Å². The van der Waals surface area contributed by atoms with Gasteiger partial charge < -0.3 is 15.4 Å². The third-order valence-electron chi connectivity index (χ3n) is 4.18. The van der Waals surface area contributed by atoms with E-state index in [4.69, 9.17) is 11.6 Å². The molecular formula is C21H23ClN2O4. The number of hydrogen-bond acceptors (Lipinski definition) is 4. The Bertz CT molecular complexity index is 832. The summed E-state index contributed by atoms with van der Waals surface area (Å²) in [5.41, 5.74) is 1.70. The number of amides is 2. The molecule has 1 unspecified atom stereocenters. The first-order valence-electron chi connectivity index (χ1n) is 8.83. The van der Waals surface area contributed by atoms with Gasteiger partial charge in [0.1, 0.15) is 6.04 Å². The highest BCUT2D eigenvalue weighted by atomic mass is 35.5. The molecule has 0 spiro atoms. The maximum atomic E-state index is 12.6. The Morgan fingerprint density at radius 2 is 1.54 bits per heavy atom. The molecule has 148 valence electrons. The summed E-state index contributed by atoms with van der Waals surface area (Å²) >= 11 is 5.84. The molecule has 0 saturated heterocycles. The molecule has 2 aromatic carbocycles. The quantitative estimate of drug-likeness (QED) is 0.696. The van der Waals surface area contributed by atoms with Gasteiger partial charge in [0.15, 0.2) is 0 Å². The smallest absolute Gasteiger partial charge is 0.337 e. The Balaban J connectivity index is 1.97. The maximum Gasteiger partial charge on any atom is 0.337 e. The third kappa shape index (κ3) is 5.82. The number of nitrogens with one attached hydrogen (secondary N) is 2. The lowest BCUT2D eigenvalue weighted by molar-refractivity contribution is -0.124. The molecule has 0 bridgehead atoms. The highest BCUT2D eigenvalue weighted by Gasteiger charge is 2.24. The number of ether oxygens (including phenoxy) is 1. The van der Waals surface area contributed by atoms with Crippen LogP contribution in [0.2, 0.25) is 5.02 Å². The van der Waals surface area contributed by atoms with Crippen molar-refractivity contribution in [3.8, 4) is 0 Å². The Labute approximate surface area is 169 Å². The van der Waals surface area contributed by atoms with Gasteiger partial charge >= 0.3 is 5.97 Å². The van der Waals surface area contributed by atoms with Crippen LogP contribution in [-0.2, 0) is 16.1 Å². The summed E-state index contributed by atoms with van der Waals surface area (Å²) in [5, 5.41) is 6.12. The first-order valence-corrected chi connectivity index (χ1v) is 9.21. The van der Waals surface area contributed by atoms with E-state index in [1.54, 1.807) is 48.5 Å². The van der Waals surface area contributed by atoms with E-state index < -0.39 is 12.0 Å². The summed E-state index contributed by atoms with van der Waals surface area (Å²) in [6.45, 7) is 4.00. The predicted molar refractivity (Wildman–Crippen MR) is 107 cm³/mol. The molecule has 0 aliphatic carbocycles. The average Bonchev–Trinajstić information content (AvgIpc) is 2.70. The van der Waals surface area contributed by atoms with Crippen molar-refractivity contribution in [1.82, 2.24) is 10.6 Å². The van der Waals surface area contributed by atoms with Crippen molar-refractivity contribution in [3.63, 3.8) is 0 Å². The van der Waals surface area contributed by atoms with Crippen LogP contribution < -0.4 is 10.6 Å². The molecule has 7 heteroatoms. The van der Waals surface area contributed by atoms with Gasteiger partial charge in [-0.3, -0.25) is 9.59 Å². The Morgan fingerprint density at radius 3 is 2.07 bits per heavy atom. The van der Waals surface area contributed by atoms with Gasteiger partial charge in [0.25, 0.3) is 5.91 Å². The van der Waals surface area contributed by atoms with Gasteiger partial charge in [-0.15, -0.1) is 0 Å². The van der Waals surface area contributed by atoms with Crippen LogP contribution in [0.25, 0.3) is 0 Å². The number of hydrogen-bond donors (Lipinski definition) is 2. The largest absolute Gasteiger partial charge is 0.465 e. The zero-order valence-electron chi connectivity index (χ0n) is 16.0. The summed E-state index contributed by atoms with van der Waals surface area (Å²) in [4.78, 5) is 36.4. The lowest BCUT2D eigenvalue weighted by Gasteiger charge is -2.22. The number of carbonyl (C=O) groups excluding carboxylic acids is 3. The maximum absolute atomic E-state index is 12.6. The number of esters is 1. The normalized spacial score (nSPS) is 11.6. The summed E-state index contributed by atoms with van der Waals surface area (Å²) in [6.07, 6.45) is 0. The average molecular weight is 403 g/mol. The van der Waals surface area contributed by atoms with E-state index in [1.807, 2.05) is 13.8 Å². The van der Waals surface area contributed by atoms with Gasteiger partial charge in [-0.2, -0.15) is 0 Å². The minimum atomic E-state index is -0.683. The van der Waals surface area contributed by atoms with Crippen molar-refractivity contribution in [2.45, 2.75) is 26.4 Å². The fourth-order valence-corrected chi connectivity index (χ4v) is 2.66. The van der Waals surface area contributed by atoms with Crippen LogP contribution in [0.15, 0.2) is 48.5 Å². The summed E-state index contributed by atoms with van der Waals surface area (Å²) in [7, 11) is 1.32. The van der Waals surface area contributed by atoms with E-state index in [1.165, 1.54) is 7.11 Å². The van der Waals surface area contributed by atoms with Crippen LogP contribution in [0, 0.1) is 5.92 Å². The van der Waals surface area contributed by atoms with Gasteiger partial charge in [0.2, 0.25) is 5.91 Å². The van der Waals surface area contributed by atoms with E-state index >= 15 is 0 Å². The molecule has 6 nitrogen and oxygen atoms in total. The van der Waals surface area contributed by atoms with E-state index in [9.17, 15) is 14.4 Å². The molecule has 2 rings (SSSR count). The van der Waals surface area contributed by atoms with Crippen molar-refractivity contribution in [3.05, 3.63) is 70.2 Å². The van der Waals surface area contributed by atoms with E-state index in [0.717, 1.165) is 5.56 Å². The van der Waals surface area contributed by atoms with Crippen molar-refractivity contribution in [2.24, 2.45) is 5.92 Å². The highest BCUT2D eigenvalue weighted by molar-refractivity contribution is 6.30. The first kappa shape index (κ1) is 21.4. The molecule has 0 fully saturated rings. The molecule has 0 aromatic heterocycles. The molecule has 0 aliphatic rings. The van der Waals surface area contributed by atoms with Gasteiger partial charge in [-0.1, -0.05) is 37.6 Å². The van der Waals surface area contributed by atoms with Crippen molar-refractivity contribution >= 4 is 29.4 Å². The van der Waals surface area contributed by atoms with E-state index in [2.05, 4.69) is 15.4 Å². The van der Waals surface area contributed by atoms with Gasteiger partial charge in [-0.05, 0) is 47.9 Å². The standard InChI is InChI=1S/C21H23ClN2O4/c1-13(2)18(24-19(25)15-8-10-17(22)11-9-15)20(26)23-12-14-4-6-16(7-5-14)21(27)28-3/h4-11,13,18H,12H2,1-3H3,(H,23,26)(H,24,25). The Hall–Kier alpha value is -2.86. The van der Waals surface area contributed by atoms with Crippen molar-refractivity contribution in [2.75, 3.05) is 7.11 Å². The molecule has 2 aromatic rings. The van der Waals surface area contributed by atoms with Crippen molar-refractivity contribution < 1.29 is 19.1 Å². The second-order valence-electron chi connectivity index (χ2n) is 6.61. The van der Waals surface area contributed by atoms with Gasteiger partial charge in [0, 0.05) is 17.1 Å². The van der Waals surface area contributed by atoms with E-state index in [-0.39, 0.29) is 24.3 Å². The summed E-state index contributed by atoms with van der Waals surface area (Å²) in [5.74, 6) is -1.14. The fourth-order valence-electron chi connectivity index (χ4n) is 2.54. The van der Waals surface area contributed by atoms with Gasteiger partial charge in [-0.25, -0.2) is 4.79 Å². The van der Waals surface area contributed by atoms with Crippen LogP contribution in [0.4, 0.5) is 0 Å². The monoisotopic (exact) mass is 402 g/mol. The fraction of sp³-hybridized carbons (Fsp3) is 0.286. The molecule has 2 N–H and O–H groups in total. The number of carbonyl (C=O) groups is 3. The zero-order chi connectivity index (χ0) is 20.7. The topological polar surface area (TPSA) is 84.5 Å². The predicted octanol–water partition coefficient (Wildman–Crippen LogP) is 3.20. The summed E-state index contributed by atoms with van der Waals surface area (Å²) < 4.78 is 4.66. The SMILES string of the molecule is COC(=O)c1ccc(CNC(=O)C(NC(=O)c2ccc(Cl)cc2)C(C)C)cc1. The molecule has 0 aliphatic heterocycles. The number of methoxy groups -OCH3 is 1. The van der Waals surface area contributed by atoms with Crippen LogP contribution in [-0.4, -0.2) is 30.9 Å². The molecule has 0 radical (unpaired) electrons. The molecule has 28 heavy (non-hydrogen) atoms. The lowest BCUT2D eigenvalue weighted by atomic mass is 10.0. The second-order valence-corrected chi connectivity index (χ2v) is 7.04. The molecule has 0 heterocycles. The lowest BCUT2D eigenvalue weighted by Crippen LogP contribution is -2.49. The molecule has 2 amide bonds. The second kappa shape index (κ2) is 9.90. The zero-order valence-corrected chi connectivity index (χ0v) is 16.7. The van der Waals surface area contributed by atoms with Crippen molar-refractivity contribution in [1.29, 1.82) is 0 Å². The van der Waals surface area contributed by atoms with Gasteiger partial charge in [0.05, 0.1) is 12.7 Å².